The molecule has 1 aliphatic carbocycles. The maximum atomic E-state index is 4.02. The molecule has 4 nitrogen and oxygen atoms in total. The summed E-state index contributed by atoms with van der Waals surface area (Å²) >= 11 is 0. The van der Waals surface area contributed by atoms with Gasteiger partial charge >= 0.3 is 0 Å². The molecule has 1 saturated heterocycles. The summed E-state index contributed by atoms with van der Waals surface area (Å²) in [5, 5.41) is 14.6. The minimum Gasteiger partial charge on any atom is -0.314 e. The molecule has 1 aromatic heterocycles. The molecule has 106 valence electrons. The van der Waals surface area contributed by atoms with E-state index in [2.05, 4.69) is 26.9 Å². The predicted octanol–water partition coefficient (Wildman–Crippen LogP) is 2.20. The van der Waals surface area contributed by atoms with Gasteiger partial charge in [-0.05, 0) is 44.2 Å². The van der Waals surface area contributed by atoms with Crippen molar-refractivity contribution >= 4 is 0 Å². The van der Waals surface area contributed by atoms with Gasteiger partial charge in [-0.15, -0.1) is 0 Å². The van der Waals surface area contributed by atoms with Crippen molar-refractivity contribution in [3.63, 3.8) is 0 Å². The molecule has 2 fully saturated rings. The van der Waals surface area contributed by atoms with Crippen LogP contribution in [-0.2, 0) is 6.54 Å². The monoisotopic (exact) mass is 262 g/mol. The van der Waals surface area contributed by atoms with E-state index < -0.39 is 0 Å². The molecule has 0 aromatic carbocycles. The molecular weight excluding hydrogens is 236 g/mol. The number of nitrogens with zero attached hydrogens (tertiary/aromatic N) is 1. The third-order valence-electron chi connectivity index (χ3n) is 4.80. The molecule has 0 radical (unpaired) electrons. The van der Waals surface area contributed by atoms with Gasteiger partial charge in [0.25, 0.3) is 0 Å². The van der Waals surface area contributed by atoms with Gasteiger partial charge in [0, 0.05) is 30.5 Å². The minimum absolute atomic E-state index is 0.674. The normalized spacial score (nSPS) is 32.3. The second kappa shape index (κ2) is 6.53. The Balaban J connectivity index is 1.56. The second-order valence-electron chi connectivity index (χ2n) is 6.07. The number of aromatic amines is 1. The molecule has 0 bridgehead atoms. The van der Waals surface area contributed by atoms with Gasteiger partial charge in [-0.25, -0.2) is 0 Å². The van der Waals surface area contributed by atoms with Crippen molar-refractivity contribution in [2.75, 3.05) is 6.54 Å². The Morgan fingerprint density at radius 2 is 2.05 bits per heavy atom. The molecule has 3 N–H and O–H groups in total. The molecule has 4 heteroatoms. The zero-order valence-corrected chi connectivity index (χ0v) is 11.7. The highest BCUT2D eigenvalue weighted by Gasteiger charge is 2.32. The van der Waals surface area contributed by atoms with Crippen LogP contribution in [0.3, 0.4) is 0 Å². The van der Waals surface area contributed by atoms with E-state index in [1.165, 1.54) is 57.2 Å². The summed E-state index contributed by atoms with van der Waals surface area (Å²) in [6.45, 7) is 2.14. The van der Waals surface area contributed by atoms with E-state index in [1.807, 2.05) is 6.20 Å². The summed E-state index contributed by atoms with van der Waals surface area (Å²) in [5.74, 6) is 0.817. The Bertz CT molecular complexity index is 356. The molecule has 1 aromatic rings. The van der Waals surface area contributed by atoms with Crippen molar-refractivity contribution < 1.29 is 0 Å². The lowest BCUT2D eigenvalue weighted by Gasteiger charge is -2.40. The number of hydrogen-bond acceptors (Lipinski definition) is 3. The van der Waals surface area contributed by atoms with E-state index in [1.54, 1.807) is 0 Å². The third-order valence-corrected chi connectivity index (χ3v) is 4.80. The van der Waals surface area contributed by atoms with Crippen LogP contribution in [0.5, 0.6) is 0 Å². The van der Waals surface area contributed by atoms with Gasteiger partial charge < -0.3 is 10.6 Å². The van der Waals surface area contributed by atoms with Crippen LogP contribution in [0, 0.1) is 5.92 Å². The number of piperidine rings is 1. The van der Waals surface area contributed by atoms with Crippen LogP contribution in [-0.4, -0.2) is 28.8 Å². The highest BCUT2D eigenvalue weighted by atomic mass is 15.1. The van der Waals surface area contributed by atoms with Crippen LogP contribution in [0.2, 0.25) is 0 Å². The van der Waals surface area contributed by atoms with Gasteiger partial charge in [0.15, 0.2) is 0 Å². The van der Waals surface area contributed by atoms with E-state index in [0.29, 0.717) is 6.04 Å². The van der Waals surface area contributed by atoms with Crippen LogP contribution in [0.4, 0.5) is 0 Å². The minimum atomic E-state index is 0.674. The molecule has 3 unspecified atom stereocenters. The van der Waals surface area contributed by atoms with Crippen molar-refractivity contribution in [1.82, 2.24) is 20.8 Å². The summed E-state index contributed by atoms with van der Waals surface area (Å²) in [6.07, 6.45) is 11.5. The Kier molecular flexibility index (Phi) is 4.51. The molecular formula is C15H26N4. The van der Waals surface area contributed by atoms with Crippen LogP contribution in [0.25, 0.3) is 0 Å². The standard InChI is InChI=1S/C15H26N4/c1-2-6-15(17-11-12-8-10-18-19-12)13(5-1)14-7-3-4-9-16-14/h8,10,13-17H,1-7,9,11H2,(H,18,19). The summed E-state index contributed by atoms with van der Waals surface area (Å²) in [7, 11) is 0. The van der Waals surface area contributed by atoms with Crippen LogP contribution in [0.1, 0.15) is 50.6 Å². The summed E-state index contributed by atoms with van der Waals surface area (Å²) in [5.41, 5.74) is 1.20. The van der Waals surface area contributed by atoms with Gasteiger partial charge in [0.2, 0.25) is 0 Å². The number of nitrogens with one attached hydrogen (secondary N) is 3. The van der Waals surface area contributed by atoms with E-state index in [-0.39, 0.29) is 0 Å². The van der Waals surface area contributed by atoms with Gasteiger partial charge in [0.05, 0.1) is 0 Å². The van der Waals surface area contributed by atoms with Gasteiger partial charge in [-0.3, -0.25) is 5.10 Å². The number of H-pyrrole nitrogens is 1. The fraction of sp³-hybridized carbons (Fsp3) is 0.800. The van der Waals surface area contributed by atoms with Crippen molar-refractivity contribution in [1.29, 1.82) is 0 Å². The largest absolute Gasteiger partial charge is 0.314 e. The van der Waals surface area contributed by atoms with E-state index in [4.69, 9.17) is 0 Å². The van der Waals surface area contributed by atoms with Crippen LogP contribution >= 0.6 is 0 Å². The second-order valence-corrected chi connectivity index (χ2v) is 6.07. The number of aromatic nitrogens is 2. The molecule has 2 aliphatic rings. The van der Waals surface area contributed by atoms with E-state index in [0.717, 1.165) is 18.5 Å². The lowest BCUT2D eigenvalue weighted by atomic mass is 9.77. The van der Waals surface area contributed by atoms with E-state index in [9.17, 15) is 0 Å². The summed E-state index contributed by atoms with van der Waals surface area (Å²) < 4.78 is 0. The van der Waals surface area contributed by atoms with Crippen molar-refractivity contribution in [2.24, 2.45) is 5.92 Å². The highest BCUT2D eigenvalue weighted by Crippen LogP contribution is 2.30. The van der Waals surface area contributed by atoms with Gasteiger partial charge in [-0.2, -0.15) is 5.10 Å². The first-order valence-corrected chi connectivity index (χ1v) is 7.88. The maximum Gasteiger partial charge on any atom is 0.0490 e. The SMILES string of the molecule is c1cc(CNC2CCCCC2C2CCCCN2)[nH]n1. The predicted molar refractivity (Wildman–Crippen MR) is 76.8 cm³/mol. The highest BCUT2D eigenvalue weighted by molar-refractivity contribution is 4.98. The Labute approximate surface area is 115 Å². The summed E-state index contributed by atoms with van der Waals surface area (Å²) in [4.78, 5) is 0. The topological polar surface area (TPSA) is 52.7 Å². The van der Waals surface area contributed by atoms with Crippen molar-refractivity contribution in [3.05, 3.63) is 18.0 Å². The zero-order chi connectivity index (χ0) is 12.9. The lowest BCUT2D eigenvalue weighted by molar-refractivity contribution is 0.181. The van der Waals surface area contributed by atoms with Crippen molar-refractivity contribution in [3.8, 4) is 0 Å². The quantitative estimate of drug-likeness (QED) is 0.780. The molecule has 0 spiro atoms. The molecule has 1 aliphatic heterocycles. The average Bonchev–Trinajstić information content (AvgIpc) is 3.00. The molecule has 1 saturated carbocycles. The molecule has 19 heavy (non-hydrogen) atoms. The Hall–Kier alpha value is -0.870. The van der Waals surface area contributed by atoms with Gasteiger partial charge in [0.1, 0.15) is 0 Å². The first-order valence-electron chi connectivity index (χ1n) is 7.88. The first kappa shape index (κ1) is 13.1. The average molecular weight is 262 g/mol. The molecule has 0 amide bonds. The lowest BCUT2D eigenvalue weighted by Crippen LogP contribution is -2.50. The van der Waals surface area contributed by atoms with Gasteiger partial charge in [-0.1, -0.05) is 19.3 Å². The summed E-state index contributed by atoms with van der Waals surface area (Å²) in [6, 6.07) is 3.48. The Morgan fingerprint density at radius 1 is 1.16 bits per heavy atom. The maximum absolute atomic E-state index is 4.02. The third kappa shape index (κ3) is 3.37. The smallest absolute Gasteiger partial charge is 0.0490 e. The Morgan fingerprint density at radius 3 is 2.84 bits per heavy atom. The molecule has 3 atom stereocenters. The number of rotatable bonds is 4. The van der Waals surface area contributed by atoms with Crippen LogP contribution < -0.4 is 10.6 Å². The van der Waals surface area contributed by atoms with Crippen molar-refractivity contribution in [2.45, 2.75) is 63.6 Å². The van der Waals surface area contributed by atoms with Crippen LogP contribution in [0.15, 0.2) is 12.3 Å². The van der Waals surface area contributed by atoms with E-state index >= 15 is 0 Å². The number of hydrogen-bond donors (Lipinski definition) is 3. The fourth-order valence-corrected chi connectivity index (χ4v) is 3.76. The molecule has 2 heterocycles. The first-order chi connectivity index (χ1) is 9.43. The zero-order valence-electron chi connectivity index (χ0n) is 11.7. The fourth-order valence-electron chi connectivity index (χ4n) is 3.76. The molecule has 3 rings (SSSR count).